The summed E-state index contributed by atoms with van der Waals surface area (Å²) in [5.41, 5.74) is 3.06. The monoisotopic (exact) mass is 350 g/mol. The molecule has 1 aliphatic heterocycles. The van der Waals surface area contributed by atoms with Crippen LogP contribution >= 0.6 is 0 Å². The third-order valence-corrected chi connectivity index (χ3v) is 4.53. The van der Waals surface area contributed by atoms with E-state index >= 15 is 0 Å². The highest BCUT2D eigenvalue weighted by molar-refractivity contribution is 5.94. The molecule has 26 heavy (non-hydrogen) atoms. The Morgan fingerprint density at radius 2 is 1.85 bits per heavy atom. The van der Waals surface area contributed by atoms with Crippen molar-refractivity contribution in [2.45, 2.75) is 25.9 Å². The molecule has 2 aromatic carbocycles. The average molecular weight is 350 g/mol. The summed E-state index contributed by atoms with van der Waals surface area (Å²) in [6.07, 6.45) is 4.29. The van der Waals surface area contributed by atoms with Gasteiger partial charge in [-0.15, -0.1) is 0 Å². The highest BCUT2D eigenvalue weighted by Gasteiger charge is 2.12. The van der Waals surface area contributed by atoms with E-state index in [-0.39, 0.29) is 5.91 Å². The number of ether oxygens (including phenoxy) is 1. The Labute approximate surface area is 155 Å². The van der Waals surface area contributed by atoms with Gasteiger partial charge in [0.2, 0.25) is 0 Å². The number of benzene rings is 2. The van der Waals surface area contributed by atoms with Crippen LogP contribution in [-0.2, 0) is 13.1 Å². The minimum atomic E-state index is -0.0785. The van der Waals surface area contributed by atoms with Crippen LogP contribution in [0.4, 0.5) is 0 Å². The second-order valence-electron chi connectivity index (χ2n) is 6.61. The molecule has 1 amide bonds. The Balaban J connectivity index is 1.52. The lowest BCUT2D eigenvalue weighted by Gasteiger charge is -2.15. The summed E-state index contributed by atoms with van der Waals surface area (Å²) < 4.78 is 5.43. The first kappa shape index (κ1) is 18.2. The summed E-state index contributed by atoms with van der Waals surface area (Å²) in [6.45, 7) is 7.97. The molecule has 1 fully saturated rings. The molecule has 1 aliphatic rings. The Bertz CT molecular complexity index is 734. The Morgan fingerprint density at radius 1 is 1.12 bits per heavy atom. The number of carbonyl (C=O) groups excluding carboxylic acids is 1. The smallest absolute Gasteiger partial charge is 0.251 e. The molecule has 0 saturated carbocycles. The second kappa shape index (κ2) is 9.20. The van der Waals surface area contributed by atoms with Crippen molar-refractivity contribution in [3.63, 3.8) is 0 Å². The third kappa shape index (κ3) is 5.20. The quantitative estimate of drug-likeness (QED) is 0.737. The van der Waals surface area contributed by atoms with Crippen molar-refractivity contribution in [3.05, 3.63) is 77.9 Å². The number of amides is 1. The lowest BCUT2D eigenvalue weighted by Crippen LogP contribution is -2.23. The zero-order chi connectivity index (χ0) is 18.2. The van der Waals surface area contributed by atoms with Gasteiger partial charge in [-0.2, -0.15) is 0 Å². The molecule has 4 nitrogen and oxygen atoms in total. The fourth-order valence-corrected chi connectivity index (χ4v) is 3.18. The van der Waals surface area contributed by atoms with Gasteiger partial charge in [-0.1, -0.05) is 36.9 Å². The van der Waals surface area contributed by atoms with E-state index in [0.29, 0.717) is 18.7 Å². The summed E-state index contributed by atoms with van der Waals surface area (Å²) in [5, 5.41) is 2.99. The fraction of sp³-hybridized carbons (Fsp3) is 0.318. The van der Waals surface area contributed by atoms with Gasteiger partial charge in [0, 0.05) is 18.7 Å². The van der Waals surface area contributed by atoms with Gasteiger partial charge in [-0.25, -0.2) is 0 Å². The van der Waals surface area contributed by atoms with E-state index in [0.717, 1.165) is 17.9 Å². The van der Waals surface area contributed by atoms with Gasteiger partial charge < -0.3 is 10.1 Å². The lowest BCUT2D eigenvalue weighted by molar-refractivity contribution is 0.0951. The molecule has 3 rings (SSSR count). The summed E-state index contributed by atoms with van der Waals surface area (Å²) in [6, 6.07) is 15.6. The number of nitrogens with zero attached hydrogens (tertiary/aromatic N) is 1. The van der Waals surface area contributed by atoms with Crippen LogP contribution in [-0.4, -0.2) is 30.5 Å². The summed E-state index contributed by atoms with van der Waals surface area (Å²) in [7, 11) is 0. The first-order valence-electron chi connectivity index (χ1n) is 9.17. The van der Waals surface area contributed by atoms with E-state index in [9.17, 15) is 4.79 Å². The van der Waals surface area contributed by atoms with Gasteiger partial charge in [0.15, 0.2) is 0 Å². The van der Waals surface area contributed by atoms with Crippen LogP contribution in [0.15, 0.2) is 61.2 Å². The van der Waals surface area contributed by atoms with Gasteiger partial charge in [-0.3, -0.25) is 9.69 Å². The lowest BCUT2D eigenvalue weighted by atomic mass is 10.1. The van der Waals surface area contributed by atoms with E-state index in [1.807, 2.05) is 0 Å². The number of carbonyl (C=O) groups is 1. The van der Waals surface area contributed by atoms with Crippen LogP contribution in [0.1, 0.15) is 34.3 Å². The number of likely N-dealkylation sites (tertiary alicyclic amines) is 1. The summed E-state index contributed by atoms with van der Waals surface area (Å²) in [5.74, 6) is 0.654. The van der Waals surface area contributed by atoms with Crippen molar-refractivity contribution in [3.8, 4) is 5.75 Å². The van der Waals surface area contributed by atoms with Crippen LogP contribution < -0.4 is 10.1 Å². The molecule has 0 spiro atoms. The molecule has 0 aliphatic carbocycles. The molecule has 0 radical (unpaired) electrons. The van der Waals surface area contributed by atoms with Crippen molar-refractivity contribution in [2.24, 2.45) is 0 Å². The molecule has 2 aromatic rings. The fourth-order valence-electron chi connectivity index (χ4n) is 3.18. The molecule has 1 N–H and O–H groups in total. The number of hydrogen-bond acceptors (Lipinski definition) is 3. The van der Waals surface area contributed by atoms with E-state index in [2.05, 4.69) is 41.1 Å². The predicted molar refractivity (Wildman–Crippen MR) is 104 cm³/mol. The SMILES string of the molecule is C=CCOc1ccc(C(=O)NCc2cccc(CN3CCCC3)c2)cc1. The van der Waals surface area contributed by atoms with Gasteiger partial charge in [0.1, 0.15) is 12.4 Å². The Kier molecular flexibility index (Phi) is 6.45. The van der Waals surface area contributed by atoms with Crippen molar-refractivity contribution < 1.29 is 9.53 Å². The molecule has 0 unspecified atom stereocenters. The van der Waals surface area contributed by atoms with Crippen LogP contribution in [0.5, 0.6) is 5.75 Å². The number of rotatable bonds is 8. The van der Waals surface area contributed by atoms with E-state index < -0.39 is 0 Å². The van der Waals surface area contributed by atoms with Crippen molar-refractivity contribution in [1.29, 1.82) is 0 Å². The highest BCUT2D eigenvalue weighted by atomic mass is 16.5. The van der Waals surface area contributed by atoms with Gasteiger partial charge in [-0.05, 0) is 61.3 Å². The maximum Gasteiger partial charge on any atom is 0.251 e. The van der Waals surface area contributed by atoms with Crippen molar-refractivity contribution in [2.75, 3.05) is 19.7 Å². The second-order valence-corrected chi connectivity index (χ2v) is 6.61. The van der Waals surface area contributed by atoms with Gasteiger partial charge >= 0.3 is 0 Å². The van der Waals surface area contributed by atoms with Crippen LogP contribution in [0, 0.1) is 0 Å². The van der Waals surface area contributed by atoms with Crippen LogP contribution in [0.25, 0.3) is 0 Å². The molecule has 136 valence electrons. The Morgan fingerprint density at radius 3 is 2.58 bits per heavy atom. The Hall–Kier alpha value is -2.59. The van der Waals surface area contributed by atoms with Gasteiger partial charge in [0.05, 0.1) is 0 Å². The minimum Gasteiger partial charge on any atom is -0.490 e. The molecule has 1 saturated heterocycles. The van der Waals surface area contributed by atoms with Crippen LogP contribution in [0.2, 0.25) is 0 Å². The zero-order valence-electron chi connectivity index (χ0n) is 15.1. The molecular weight excluding hydrogens is 324 g/mol. The van der Waals surface area contributed by atoms with E-state index in [1.165, 1.54) is 31.5 Å². The van der Waals surface area contributed by atoms with E-state index in [1.54, 1.807) is 30.3 Å². The topological polar surface area (TPSA) is 41.6 Å². The van der Waals surface area contributed by atoms with Crippen molar-refractivity contribution >= 4 is 5.91 Å². The normalized spacial score (nSPS) is 14.2. The maximum atomic E-state index is 12.3. The standard InChI is InChI=1S/C22H26N2O2/c1-2-14-26-21-10-8-20(9-11-21)22(25)23-16-18-6-5-7-19(15-18)17-24-12-3-4-13-24/h2,5-11,15H,1,3-4,12-14,16-17H2,(H,23,25). The summed E-state index contributed by atoms with van der Waals surface area (Å²) >= 11 is 0. The maximum absolute atomic E-state index is 12.3. The average Bonchev–Trinajstić information content (AvgIpc) is 3.18. The largest absolute Gasteiger partial charge is 0.490 e. The molecule has 0 atom stereocenters. The zero-order valence-corrected chi connectivity index (χ0v) is 15.1. The van der Waals surface area contributed by atoms with E-state index in [4.69, 9.17) is 4.74 Å². The van der Waals surface area contributed by atoms with Crippen molar-refractivity contribution in [1.82, 2.24) is 10.2 Å². The first-order valence-corrected chi connectivity index (χ1v) is 9.17. The van der Waals surface area contributed by atoms with Crippen LogP contribution in [0.3, 0.4) is 0 Å². The minimum absolute atomic E-state index is 0.0785. The molecule has 1 heterocycles. The highest BCUT2D eigenvalue weighted by Crippen LogP contribution is 2.15. The first-order chi connectivity index (χ1) is 12.7. The molecular formula is C22H26N2O2. The predicted octanol–water partition coefficient (Wildman–Crippen LogP) is 3.78. The summed E-state index contributed by atoms with van der Waals surface area (Å²) in [4.78, 5) is 14.8. The molecule has 4 heteroatoms. The number of nitrogens with one attached hydrogen (secondary N) is 1. The third-order valence-electron chi connectivity index (χ3n) is 4.53. The molecule has 0 bridgehead atoms. The van der Waals surface area contributed by atoms with Gasteiger partial charge in [0.25, 0.3) is 5.91 Å². The molecule has 0 aromatic heterocycles. The number of hydrogen-bond donors (Lipinski definition) is 1.